The highest BCUT2D eigenvalue weighted by molar-refractivity contribution is 9.10. The predicted molar refractivity (Wildman–Crippen MR) is 81.1 cm³/mol. The summed E-state index contributed by atoms with van der Waals surface area (Å²) in [5.74, 6) is -0.617. The fourth-order valence-corrected chi connectivity index (χ4v) is 2.96. The summed E-state index contributed by atoms with van der Waals surface area (Å²) in [5, 5.41) is 0. The van der Waals surface area contributed by atoms with E-state index in [1.807, 2.05) is 4.90 Å². The van der Waals surface area contributed by atoms with Crippen molar-refractivity contribution in [3.8, 4) is 0 Å². The van der Waals surface area contributed by atoms with Gasteiger partial charge in [0.05, 0.1) is 11.3 Å². The minimum Gasteiger partial charge on any atom is -0.396 e. The smallest absolute Gasteiger partial charge is 0.255 e. The highest BCUT2D eigenvalue weighted by Gasteiger charge is 2.28. The first kappa shape index (κ1) is 15.3. The molecule has 6 heteroatoms. The molecule has 0 bridgehead atoms. The molecule has 1 aromatic rings. The van der Waals surface area contributed by atoms with E-state index in [-0.39, 0.29) is 11.6 Å². The topological polar surface area (TPSA) is 49.6 Å². The van der Waals surface area contributed by atoms with Crippen molar-refractivity contribution in [2.75, 3.05) is 32.4 Å². The summed E-state index contributed by atoms with van der Waals surface area (Å²) >= 11 is 3.24. The molecule has 1 aliphatic rings. The van der Waals surface area contributed by atoms with Gasteiger partial charge >= 0.3 is 0 Å². The van der Waals surface area contributed by atoms with E-state index in [1.165, 1.54) is 12.1 Å². The molecule has 4 nitrogen and oxygen atoms in total. The van der Waals surface area contributed by atoms with Crippen LogP contribution < -0.4 is 5.73 Å². The number of hydrogen-bond donors (Lipinski definition) is 1. The van der Waals surface area contributed by atoms with Crippen molar-refractivity contribution in [2.24, 2.45) is 0 Å². The first-order valence-corrected chi connectivity index (χ1v) is 7.47. The van der Waals surface area contributed by atoms with E-state index in [4.69, 9.17) is 5.73 Å². The summed E-state index contributed by atoms with van der Waals surface area (Å²) in [5.41, 5.74) is 5.98. The third-order valence-electron chi connectivity index (χ3n) is 3.85. The zero-order valence-corrected chi connectivity index (χ0v) is 13.3. The molecule has 1 heterocycles. The lowest BCUT2D eigenvalue weighted by molar-refractivity contribution is 0.0541. The van der Waals surface area contributed by atoms with Crippen molar-refractivity contribution >= 4 is 27.5 Å². The predicted octanol–water partition coefficient (Wildman–Crippen LogP) is 2.34. The number of halogens is 2. The molecule has 1 aliphatic heterocycles. The molecule has 0 aromatic heterocycles. The second kappa shape index (κ2) is 6.10. The molecule has 1 atom stereocenters. The standard InChI is InChI=1S/C14H19BrFN3O/c1-3-9-8-19(5-4-18(9)2)14(20)10-6-13(17)12(16)7-11(10)15/h6-7,9H,3-5,8,17H2,1-2H3. The lowest BCUT2D eigenvalue weighted by Crippen LogP contribution is -2.53. The Labute approximate surface area is 126 Å². The van der Waals surface area contributed by atoms with Crippen LogP contribution in [0.1, 0.15) is 23.7 Å². The van der Waals surface area contributed by atoms with E-state index >= 15 is 0 Å². The van der Waals surface area contributed by atoms with Gasteiger partial charge in [-0.3, -0.25) is 9.69 Å². The Hall–Kier alpha value is -1.14. The molecular formula is C14H19BrFN3O. The van der Waals surface area contributed by atoms with Gasteiger partial charge in [0, 0.05) is 30.1 Å². The van der Waals surface area contributed by atoms with E-state index in [1.54, 1.807) is 0 Å². The quantitative estimate of drug-likeness (QED) is 0.838. The molecule has 1 saturated heterocycles. The molecule has 110 valence electrons. The molecule has 0 aliphatic carbocycles. The van der Waals surface area contributed by atoms with Gasteiger partial charge in [-0.25, -0.2) is 4.39 Å². The van der Waals surface area contributed by atoms with Crippen LogP contribution in [0.3, 0.4) is 0 Å². The lowest BCUT2D eigenvalue weighted by Gasteiger charge is -2.39. The molecule has 1 amide bonds. The van der Waals surface area contributed by atoms with Gasteiger partial charge < -0.3 is 10.6 Å². The number of amides is 1. The van der Waals surface area contributed by atoms with Crippen LogP contribution in [-0.4, -0.2) is 48.4 Å². The van der Waals surface area contributed by atoms with Crippen molar-refractivity contribution in [1.82, 2.24) is 9.80 Å². The fraction of sp³-hybridized carbons (Fsp3) is 0.500. The van der Waals surface area contributed by atoms with E-state index in [0.29, 0.717) is 29.2 Å². The molecule has 20 heavy (non-hydrogen) atoms. The maximum atomic E-state index is 13.3. The van der Waals surface area contributed by atoms with Crippen LogP contribution in [0.4, 0.5) is 10.1 Å². The minimum atomic E-state index is -0.516. The summed E-state index contributed by atoms with van der Waals surface area (Å²) in [6.07, 6.45) is 0.993. The number of piperazine rings is 1. The molecule has 0 spiro atoms. The van der Waals surface area contributed by atoms with Crippen molar-refractivity contribution in [2.45, 2.75) is 19.4 Å². The van der Waals surface area contributed by atoms with Gasteiger partial charge in [0.25, 0.3) is 5.91 Å². The van der Waals surface area contributed by atoms with Crippen LogP contribution in [-0.2, 0) is 0 Å². The molecule has 1 fully saturated rings. The molecule has 2 rings (SSSR count). The zero-order chi connectivity index (χ0) is 14.9. The number of carbonyl (C=O) groups excluding carboxylic acids is 1. The number of hydrogen-bond acceptors (Lipinski definition) is 3. The number of nitrogens with two attached hydrogens (primary N) is 1. The van der Waals surface area contributed by atoms with Gasteiger partial charge in [0.1, 0.15) is 5.82 Å². The highest BCUT2D eigenvalue weighted by atomic mass is 79.9. The van der Waals surface area contributed by atoms with Crippen molar-refractivity contribution < 1.29 is 9.18 Å². The molecule has 0 saturated carbocycles. The third kappa shape index (κ3) is 2.96. The summed E-state index contributed by atoms with van der Waals surface area (Å²) in [4.78, 5) is 16.6. The van der Waals surface area contributed by atoms with Gasteiger partial charge in [0.15, 0.2) is 0 Å². The monoisotopic (exact) mass is 343 g/mol. The van der Waals surface area contributed by atoms with E-state index < -0.39 is 5.82 Å². The van der Waals surface area contributed by atoms with Crippen LogP contribution in [0.25, 0.3) is 0 Å². The van der Waals surface area contributed by atoms with Crippen LogP contribution in [0, 0.1) is 5.82 Å². The van der Waals surface area contributed by atoms with Gasteiger partial charge in [-0.2, -0.15) is 0 Å². The van der Waals surface area contributed by atoms with Crippen molar-refractivity contribution in [3.05, 3.63) is 28.0 Å². The van der Waals surface area contributed by atoms with Crippen LogP contribution in [0.15, 0.2) is 16.6 Å². The molecule has 1 unspecified atom stereocenters. The summed E-state index contributed by atoms with van der Waals surface area (Å²) in [7, 11) is 2.07. The first-order chi connectivity index (χ1) is 9.43. The van der Waals surface area contributed by atoms with Gasteiger partial charge in [-0.1, -0.05) is 6.92 Å². The Morgan fingerprint density at radius 3 is 2.85 bits per heavy atom. The second-order valence-electron chi connectivity index (χ2n) is 5.15. The van der Waals surface area contributed by atoms with Crippen molar-refractivity contribution in [3.63, 3.8) is 0 Å². The largest absolute Gasteiger partial charge is 0.396 e. The summed E-state index contributed by atoms with van der Waals surface area (Å²) in [6.45, 7) is 4.32. The average molecular weight is 344 g/mol. The van der Waals surface area contributed by atoms with E-state index in [9.17, 15) is 9.18 Å². The van der Waals surface area contributed by atoms with Crippen molar-refractivity contribution in [1.29, 1.82) is 0 Å². The van der Waals surface area contributed by atoms with Gasteiger partial charge in [0.2, 0.25) is 0 Å². The van der Waals surface area contributed by atoms with Gasteiger partial charge in [-0.05, 0) is 41.5 Å². The van der Waals surface area contributed by atoms with Crippen LogP contribution in [0.5, 0.6) is 0 Å². The lowest BCUT2D eigenvalue weighted by atomic mass is 10.1. The number of rotatable bonds is 2. The third-order valence-corrected chi connectivity index (χ3v) is 4.51. The van der Waals surface area contributed by atoms with Crippen LogP contribution in [0.2, 0.25) is 0 Å². The number of likely N-dealkylation sites (N-methyl/N-ethyl adjacent to an activating group) is 1. The van der Waals surface area contributed by atoms with E-state index in [0.717, 1.165) is 13.0 Å². The SMILES string of the molecule is CCC1CN(C(=O)c2cc(N)c(F)cc2Br)CCN1C. The summed E-state index contributed by atoms with van der Waals surface area (Å²) in [6, 6.07) is 3.01. The normalized spacial score (nSPS) is 20.2. The average Bonchev–Trinajstić information content (AvgIpc) is 2.42. The number of carbonyl (C=O) groups is 1. The molecular weight excluding hydrogens is 325 g/mol. The summed E-state index contributed by atoms with van der Waals surface area (Å²) < 4.78 is 13.8. The Morgan fingerprint density at radius 1 is 1.50 bits per heavy atom. The Balaban J connectivity index is 2.21. The van der Waals surface area contributed by atoms with Crippen LogP contribution >= 0.6 is 15.9 Å². The molecule has 2 N–H and O–H groups in total. The van der Waals surface area contributed by atoms with E-state index in [2.05, 4.69) is 34.8 Å². The molecule has 1 aromatic carbocycles. The number of benzene rings is 1. The first-order valence-electron chi connectivity index (χ1n) is 6.68. The maximum Gasteiger partial charge on any atom is 0.255 e. The van der Waals surface area contributed by atoms with Gasteiger partial charge in [-0.15, -0.1) is 0 Å². The number of anilines is 1. The fourth-order valence-electron chi connectivity index (χ4n) is 2.47. The number of nitrogens with zero attached hydrogens (tertiary/aromatic N) is 2. The number of nitrogen functional groups attached to an aromatic ring is 1. The molecule has 0 radical (unpaired) electrons. The minimum absolute atomic E-state index is 0.00211. The maximum absolute atomic E-state index is 13.3. The second-order valence-corrected chi connectivity index (χ2v) is 6.00. The highest BCUT2D eigenvalue weighted by Crippen LogP contribution is 2.25. The Bertz CT molecular complexity index is 523. The zero-order valence-electron chi connectivity index (χ0n) is 11.7. The Kier molecular flexibility index (Phi) is 4.65. The Morgan fingerprint density at radius 2 is 2.20 bits per heavy atom.